The highest BCUT2D eigenvalue weighted by Crippen LogP contribution is 2.18. The van der Waals surface area contributed by atoms with Crippen molar-refractivity contribution in [3.63, 3.8) is 0 Å². The summed E-state index contributed by atoms with van der Waals surface area (Å²) in [5, 5.41) is 8.90. The molecule has 42 heavy (non-hydrogen) atoms. The number of nitrogens with one attached hydrogen (secondary N) is 3. The van der Waals surface area contributed by atoms with Crippen LogP contribution in [0.2, 0.25) is 0 Å². The Morgan fingerprint density at radius 1 is 0.833 bits per heavy atom. The molecular formula is C33H40N4O4S. The molecule has 0 spiro atoms. The summed E-state index contributed by atoms with van der Waals surface area (Å²) in [5.41, 5.74) is 1.41. The molecular weight excluding hydrogens is 548 g/mol. The molecule has 0 aliphatic heterocycles. The van der Waals surface area contributed by atoms with Gasteiger partial charge in [-0.3, -0.25) is 9.59 Å². The van der Waals surface area contributed by atoms with Gasteiger partial charge in [-0.2, -0.15) is 0 Å². The number of amides is 3. The van der Waals surface area contributed by atoms with Gasteiger partial charge >= 0.3 is 6.09 Å². The lowest BCUT2D eigenvalue weighted by molar-refractivity contribution is -0.123. The maximum atomic E-state index is 13.6. The highest BCUT2D eigenvalue weighted by Gasteiger charge is 2.35. The summed E-state index contributed by atoms with van der Waals surface area (Å²) in [7, 11) is 1.71. The molecule has 9 heteroatoms. The van der Waals surface area contributed by atoms with Gasteiger partial charge < -0.3 is 25.6 Å². The van der Waals surface area contributed by atoms with E-state index in [1.165, 1.54) is 0 Å². The lowest BCUT2D eigenvalue weighted by Gasteiger charge is -2.34. The molecule has 0 saturated carbocycles. The third kappa shape index (κ3) is 9.41. The van der Waals surface area contributed by atoms with E-state index in [2.05, 4.69) is 16.0 Å². The Morgan fingerprint density at radius 3 is 1.90 bits per heavy atom. The van der Waals surface area contributed by atoms with Gasteiger partial charge in [0.15, 0.2) is 0 Å². The molecule has 0 aliphatic rings. The van der Waals surface area contributed by atoms with Crippen molar-refractivity contribution in [2.24, 2.45) is 5.92 Å². The van der Waals surface area contributed by atoms with Crippen LogP contribution in [0, 0.1) is 5.92 Å². The largest absolute Gasteiger partial charge is 0.445 e. The van der Waals surface area contributed by atoms with Crippen molar-refractivity contribution in [2.45, 2.75) is 58.3 Å². The Morgan fingerprint density at radius 2 is 1.36 bits per heavy atom. The fourth-order valence-electron chi connectivity index (χ4n) is 4.38. The number of hydrogen-bond acceptors (Lipinski definition) is 5. The van der Waals surface area contributed by atoms with Gasteiger partial charge in [0.25, 0.3) is 5.91 Å². The van der Waals surface area contributed by atoms with Gasteiger partial charge in [-0.05, 0) is 43.0 Å². The Labute approximate surface area is 253 Å². The first kappa shape index (κ1) is 32.3. The average molecular weight is 589 g/mol. The second kappa shape index (κ2) is 15.1. The van der Waals surface area contributed by atoms with Crippen molar-refractivity contribution in [3.8, 4) is 0 Å². The minimum atomic E-state index is -1.05. The second-order valence-electron chi connectivity index (χ2n) is 11.0. The summed E-state index contributed by atoms with van der Waals surface area (Å²) in [6.07, 6.45) is -0.448. The fraction of sp³-hybridized carbons (Fsp3) is 0.333. The van der Waals surface area contributed by atoms with Crippen molar-refractivity contribution < 1.29 is 19.1 Å². The molecule has 3 aromatic carbocycles. The molecule has 8 nitrogen and oxygen atoms in total. The number of benzene rings is 3. The molecule has 0 heterocycles. The highest BCUT2D eigenvalue weighted by molar-refractivity contribution is 7.80. The van der Waals surface area contributed by atoms with Crippen LogP contribution in [0.5, 0.6) is 0 Å². The van der Waals surface area contributed by atoms with E-state index >= 15 is 0 Å². The molecule has 3 amide bonds. The summed E-state index contributed by atoms with van der Waals surface area (Å²) in [5.74, 6) is -0.701. The zero-order chi connectivity index (χ0) is 30.7. The number of carbonyl (C=O) groups excluding carboxylic acids is 3. The summed E-state index contributed by atoms with van der Waals surface area (Å²) < 4.78 is 5.39. The van der Waals surface area contributed by atoms with E-state index in [0.717, 1.165) is 16.8 Å². The first-order valence-corrected chi connectivity index (χ1v) is 14.4. The minimum Gasteiger partial charge on any atom is -0.445 e. The zero-order valence-electron chi connectivity index (χ0n) is 24.8. The topological polar surface area (TPSA) is 99.8 Å². The van der Waals surface area contributed by atoms with Crippen LogP contribution in [-0.4, -0.2) is 47.6 Å². The number of hydrogen-bond donors (Lipinski definition) is 3. The number of alkyl carbamates (subject to hydrolysis) is 1. The summed E-state index contributed by atoms with van der Waals surface area (Å²) in [6, 6.07) is 26.5. The summed E-state index contributed by atoms with van der Waals surface area (Å²) >= 11 is 5.73. The van der Waals surface area contributed by atoms with Crippen molar-refractivity contribution >= 4 is 40.8 Å². The Bertz CT molecular complexity index is 1330. The number of rotatable bonds is 12. The van der Waals surface area contributed by atoms with E-state index in [-0.39, 0.29) is 24.9 Å². The molecule has 0 bridgehead atoms. The molecule has 0 aromatic heterocycles. The predicted molar refractivity (Wildman–Crippen MR) is 170 cm³/mol. The highest BCUT2D eigenvalue weighted by atomic mass is 32.1. The van der Waals surface area contributed by atoms with Crippen molar-refractivity contribution in [1.29, 1.82) is 0 Å². The Balaban J connectivity index is 1.71. The zero-order valence-corrected chi connectivity index (χ0v) is 25.6. The van der Waals surface area contributed by atoms with Gasteiger partial charge in [0.2, 0.25) is 5.91 Å². The Kier molecular flexibility index (Phi) is 11.6. The van der Waals surface area contributed by atoms with Crippen molar-refractivity contribution in [1.82, 2.24) is 16.0 Å². The predicted octanol–water partition coefficient (Wildman–Crippen LogP) is 5.02. The van der Waals surface area contributed by atoms with Crippen LogP contribution in [-0.2, 0) is 27.4 Å². The van der Waals surface area contributed by atoms with E-state index in [4.69, 9.17) is 17.0 Å². The number of nitrogens with zero attached hydrogens (tertiary/aromatic N) is 1. The van der Waals surface area contributed by atoms with E-state index in [1.807, 2.05) is 105 Å². The van der Waals surface area contributed by atoms with Gasteiger partial charge in [-0.1, -0.05) is 105 Å². The number of likely N-dealkylation sites (N-methyl/N-ethyl adjacent to an activating group) is 1. The van der Waals surface area contributed by atoms with Gasteiger partial charge in [-0.25, -0.2) is 4.79 Å². The first-order valence-electron chi connectivity index (χ1n) is 13.9. The van der Waals surface area contributed by atoms with E-state index in [1.54, 1.807) is 25.8 Å². The molecule has 0 fully saturated rings. The number of carbonyl (C=O) groups is 3. The third-order valence-corrected chi connectivity index (χ3v) is 7.13. The molecule has 0 radical (unpaired) electrons. The van der Waals surface area contributed by atoms with Crippen LogP contribution < -0.4 is 20.9 Å². The number of ether oxygens (including phenoxy) is 1. The lowest BCUT2D eigenvalue weighted by atomic mass is 9.98. The number of anilines is 1. The van der Waals surface area contributed by atoms with E-state index < -0.39 is 29.6 Å². The monoisotopic (exact) mass is 588 g/mol. The molecule has 0 saturated heterocycles. The summed E-state index contributed by atoms with van der Waals surface area (Å²) in [4.78, 5) is 41.6. The van der Waals surface area contributed by atoms with Gasteiger partial charge in [-0.15, -0.1) is 0 Å². The van der Waals surface area contributed by atoms with Gasteiger partial charge in [0.05, 0.1) is 11.0 Å². The van der Waals surface area contributed by atoms with E-state index in [0.29, 0.717) is 4.99 Å². The number of para-hydroxylation sites is 1. The first-order chi connectivity index (χ1) is 20.0. The van der Waals surface area contributed by atoms with Crippen LogP contribution in [0.3, 0.4) is 0 Å². The van der Waals surface area contributed by atoms with E-state index in [9.17, 15) is 14.4 Å². The fourth-order valence-corrected chi connectivity index (χ4v) is 4.97. The van der Waals surface area contributed by atoms with Crippen LogP contribution in [0.1, 0.15) is 38.8 Å². The molecule has 0 unspecified atom stereocenters. The number of thiocarbonyl (C=S) groups is 1. The SMILES string of the molecule is CC(C)[C@H](NC(=O)[C@H](Cc1ccccc1)NC(=O)OCc1ccccc1)C(=S)NC(C)(C)C(=O)N(C)c1ccccc1. The standard InChI is InChI=1S/C33H40N4O4S/c1-23(2)28(30(42)36-33(3,4)31(39)37(5)26-19-13-8-14-20-26)35-29(38)27(21-24-15-9-6-10-16-24)34-32(40)41-22-25-17-11-7-12-18-25/h6-20,23,27-28H,21-22H2,1-5H3,(H,34,40)(H,35,38)(H,36,42)/t27-,28-/m0/s1. The smallest absolute Gasteiger partial charge is 0.408 e. The van der Waals surface area contributed by atoms with Gasteiger partial charge in [0.1, 0.15) is 18.2 Å². The van der Waals surface area contributed by atoms with Crippen LogP contribution in [0.15, 0.2) is 91.0 Å². The molecule has 2 atom stereocenters. The lowest BCUT2D eigenvalue weighted by Crippen LogP contribution is -2.61. The van der Waals surface area contributed by atoms with Crippen molar-refractivity contribution in [2.75, 3.05) is 11.9 Å². The van der Waals surface area contributed by atoms with Crippen LogP contribution in [0.25, 0.3) is 0 Å². The minimum absolute atomic E-state index is 0.0789. The quantitative estimate of drug-likeness (QED) is 0.257. The summed E-state index contributed by atoms with van der Waals surface area (Å²) in [6.45, 7) is 7.44. The maximum Gasteiger partial charge on any atom is 0.408 e. The molecule has 3 rings (SSSR count). The molecule has 3 N–H and O–H groups in total. The molecule has 0 aliphatic carbocycles. The second-order valence-corrected chi connectivity index (χ2v) is 11.4. The van der Waals surface area contributed by atoms with Crippen LogP contribution in [0.4, 0.5) is 10.5 Å². The molecule has 222 valence electrons. The van der Waals surface area contributed by atoms with Gasteiger partial charge in [0, 0.05) is 19.2 Å². The average Bonchev–Trinajstić information content (AvgIpc) is 2.98. The molecule has 3 aromatic rings. The normalized spacial score (nSPS) is 12.5. The van der Waals surface area contributed by atoms with Crippen molar-refractivity contribution in [3.05, 3.63) is 102 Å². The third-order valence-electron chi connectivity index (χ3n) is 6.77. The Hall–Kier alpha value is -4.24. The van der Waals surface area contributed by atoms with Crippen LogP contribution >= 0.6 is 12.2 Å². The maximum absolute atomic E-state index is 13.6.